The van der Waals surface area contributed by atoms with Crippen LogP contribution < -0.4 is 14.8 Å². The maximum atomic E-state index is 12.9. The average Bonchev–Trinajstić information content (AvgIpc) is 2.56. The van der Waals surface area contributed by atoms with Crippen LogP contribution in [0.3, 0.4) is 0 Å². The zero-order valence-electron chi connectivity index (χ0n) is 15.9. The molecule has 0 radical (unpaired) electrons. The molecule has 1 aliphatic rings. The standard InChI is InChI=1S/C19H30N2O4/c1-18(2,3)20-13-19(23)10-7-11-21(17(19)22)12-14-8-6-9-15(24-4)16(14)25-5/h6,8-9,20,23H,7,10-13H2,1-5H3/t19-/m0/s1. The zero-order valence-corrected chi connectivity index (χ0v) is 15.9. The van der Waals surface area contributed by atoms with Gasteiger partial charge in [-0.25, -0.2) is 0 Å². The Labute approximate surface area is 150 Å². The van der Waals surface area contributed by atoms with E-state index in [-0.39, 0.29) is 18.0 Å². The molecule has 25 heavy (non-hydrogen) atoms. The molecule has 0 saturated carbocycles. The fraction of sp³-hybridized carbons (Fsp3) is 0.632. The highest BCUT2D eigenvalue weighted by Gasteiger charge is 2.42. The van der Waals surface area contributed by atoms with Crippen LogP contribution >= 0.6 is 0 Å². The monoisotopic (exact) mass is 350 g/mol. The van der Waals surface area contributed by atoms with E-state index >= 15 is 0 Å². The Hall–Kier alpha value is -1.79. The number of rotatable bonds is 6. The maximum Gasteiger partial charge on any atom is 0.256 e. The number of carbonyl (C=O) groups excluding carboxylic acids is 1. The van der Waals surface area contributed by atoms with Gasteiger partial charge in [0.15, 0.2) is 17.1 Å². The number of methoxy groups -OCH3 is 2. The fourth-order valence-corrected chi connectivity index (χ4v) is 3.08. The molecule has 140 valence electrons. The Morgan fingerprint density at radius 1 is 1.28 bits per heavy atom. The lowest BCUT2D eigenvalue weighted by atomic mass is 9.90. The Morgan fingerprint density at radius 2 is 2.00 bits per heavy atom. The number of ether oxygens (including phenoxy) is 2. The molecule has 0 bridgehead atoms. The van der Waals surface area contributed by atoms with E-state index in [9.17, 15) is 9.90 Å². The van der Waals surface area contributed by atoms with E-state index in [1.54, 1.807) is 19.1 Å². The van der Waals surface area contributed by atoms with Crippen LogP contribution in [0.15, 0.2) is 18.2 Å². The molecule has 1 aromatic carbocycles. The van der Waals surface area contributed by atoms with E-state index in [0.29, 0.717) is 31.0 Å². The average molecular weight is 350 g/mol. The zero-order chi connectivity index (χ0) is 18.7. The van der Waals surface area contributed by atoms with Gasteiger partial charge in [-0.15, -0.1) is 0 Å². The van der Waals surface area contributed by atoms with Crippen molar-refractivity contribution < 1.29 is 19.4 Å². The molecule has 0 spiro atoms. The quantitative estimate of drug-likeness (QED) is 0.820. The molecular formula is C19H30N2O4. The van der Waals surface area contributed by atoms with Crippen molar-refractivity contribution in [3.8, 4) is 11.5 Å². The second-order valence-corrected chi connectivity index (χ2v) is 7.62. The van der Waals surface area contributed by atoms with Gasteiger partial charge in [-0.2, -0.15) is 0 Å². The smallest absolute Gasteiger partial charge is 0.256 e. The molecule has 2 N–H and O–H groups in total. The molecule has 1 heterocycles. The summed E-state index contributed by atoms with van der Waals surface area (Å²) in [5.41, 5.74) is -0.658. The van der Waals surface area contributed by atoms with Crippen LogP contribution in [0, 0.1) is 0 Å². The van der Waals surface area contributed by atoms with Crippen LogP contribution in [-0.2, 0) is 11.3 Å². The number of carbonyl (C=O) groups is 1. The van der Waals surface area contributed by atoms with Crippen molar-refractivity contribution in [3.05, 3.63) is 23.8 Å². The van der Waals surface area contributed by atoms with Gasteiger partial charge in [0.1, 0.15) is 0 Å². The largest absolute Gasteiger partial charge is 0.493 e. The molecule has 6 heteroatoms. The van der Waals surface area contributed by atoms with Gasteiger partial charge in [-0.05, 0) is 39.7 Å². The van der Waals surface area contributed by atoms with Gasteiger partial charge in [-0.3, -0.25) is 4.79 Å². The van der Waals surface area contributed by atoms with Crippen LogP contribution in [0.1, 0.15) is 39.2 Å². The predicted octanol–water partition coefficient (Wildman–Crippen LogP) is 1.95. The van der Waals surface area contributed by atoms with E-state index in [1.165, 1.54) is 0 Å². The van der Waals surface area contributed by atoms with Crippen molar-refractivity contribution in [2.75, 3.05) is 27.3 Å². The molecule has 1 amide bonds. The molecule has 0 aliphatic carbocycles. The van der Waals surface area contributed by atoms with Gasteiger partial charge in [0.05, 0.1) is 14.2 Å². The van der Waals surface area contributed by atoms with Crippen LogP contribution in [0.25, 0.3) is 0 Å². The molecule has 0 aromatic heterocycles. The Morgan fingerprint density at radius 3 is 2.60 bits per heavy atom. The van der Waals surface area contributed by atoms with E-state index in [0.717, 1.165) is 12.0 Å². The molecule has 2 rings (SSSR count). The summed E-state index contributed by atoms with van der Waals surface area (Å²) in [4.78, 5) is 14.6. The number of aliphatic hydroxyl groups is 1. The second-order valence-electron chi connectivity index (χ2n) is 7.62. The predicted molar refractivity (Wildman–Crippen MR) is 96.9 cm³/mol. The number of nitrogens with zero attached hydrogens (tertiary/aromatic N) is 1. The van der Waals surface area contributed by atoms with E-state index in [1.807, 2.05) is 39.0 Å². The third-order valence-corrected chi connectivity index (χ3v) is 4.46. The summed E-state index contributed by atoms with van der Waals surface area (Å²) in [6.45, 7) is 7.31. The van der Waals surface area contributed by atoms with E-state index in [2.05, 4.69) is 5.32 Å². The second kappa shape index (κ2) is 7.62. The van der Waals surface area contributed by atoms with Gasteiger partial charge >= 0.3 is 0 Å². The van der Waals surface area contributed by atoms with Crippen molar-refractivity contribution in [2.24, 2.45) is 0 Å². The lowest BCUT2D eigenvalue weighted by Crippen LogP contribution is -2.59. The third-order valence-electron chi connectivity index (χ3n) is 4.46. The minimum Gasteiger partial charge on any atom is -0.493 e. The number of benzene rings is 1. The molecule has 1 aliphatic heterocycles. The maximum absolute atomic E-state index is 12.9. The van der Waals surface area contributed by atoms with Gasteiger partial charge in [0, 0.05) is 30.7 Å². The minimum atomic E-state index is -1.36. The Kier molecular flexibility index (Phi) is 5.95. The summed E-state index contributed by atoms with van der Waals surface area (Å²) in [5, 5.41) is 14.1. The number of piperidine rings is 1. The first kappa shape index (κ1) is 19.5. The lowest BCUT2D eigenvalue weighted by molar-refractivity contribution is -0.157. The number of nitrogens with one attached hydrogen (secondary N) is 1. The van der Waals surface area contributed by atoms with Crippen molar-refractivity contribution in [2.45, 2.75) is 51.3 Å². The van der Waals surface area contributed by atoms with Crippen LogP contribution in [0.2, 0.25) is 0 Å². The number of hydrogen-bond donors (Lipinski definition) is 2. The first-order valence-electron chi connectivity index (χ1n) is 8.67. The molecule has 1 fully saturated rings. The minimum absolute atomic E-state index is 0.158. The summed E-state index contributed by atoms with van der Waals surface area (Å²) in [6, 6.07) is 5.61. The molecule has 6 nitrogen and oxygen atoms in total. The first-order chi connectivity index (χ1) is 11.7. The van der Waals surface area contributed by atoms with Crippen LogP contribution in [0.4, 0.5) is 0 Å². The SMILES string of the molecule is COc1cccc(CN2CCC[C@](O)(CNC(C)(C)C)C2=O)c1OC. The summed E-state index contributed by atoms with van der Waals surface area (Å²) < 4.78 is 10.8. The van der Waals surface area contributed by atoms with Crippen molar-refractivity contribution in [3.63, 3.8) is 0 Å². The summed E-state index contributed by atoms with van der Waals surface area (Å²) in [5.74, 6) is 1.02. The van der Waals surface area contributed by atoms with E-state index < -0.39 is 5.60 Å². The van der Waals surface area contributed by atoms with Crippen molar-refractivity contribution in [1.82, 2.24) is 10.2 Å². The van der Waals surface area contributed by atoms with Crippen molar-refractivity contribution in [1.29, 1.82) is 0 Å². The number of amides is 1. The van der Waals surface area contributed by atoms with Gasteiger partial charge in [0.25, 0.3) is 5.91 Å². The molecular weight excluding hydrogens is 320 g/mol. The van der Waals surface area contributed by atoms with E-state index in [4.69, 9.17) is 9.47 Å². The highest BCUT2D eigenvalue weighted by Crippen LogP contribution is 2.33. The normalized spacial score (nSPS) is 21.4. The third kappa shape index (κ3) is 4.64. The summed E-state index contributed by atoms with van der Waals surface area (Å²) in [6.07, 6.45) is 1.24. The Balaban J connectivity index is 2.16. The van der Waals surface area contributed by atoms with Gasteiger partial charge in [-0.1, -0.05) is 12.1 Å². The molecule has 1 atom stereocenters. The molecule has 0 unspecified atom stereocenters. The highest BCUT2D eigenvalue weighted by atomic mass is 16.5. The van der Waals surface area contributed by atoms with Crippen molar-refractivity contribution >= 4 is 5.91 Å². The fourth-order valence-electron chi connectivity index (χ4n) is 3.08. The van der Waals surface area contributed by atoms with Gasteiger partial charge < -0.3 is 24.8 Å². The van der Waals surface area contributed by atoms with Gasteiger partial charge in [0.2, 0.25) is 0 Å². The first-order valence-corrected chi connectivity index (χ1v) is 8.67. The van der Waals surface area contributed by atoms with Crippen LogP contribution in [-0.4, -0.2) is 54.4 Å². The number of β-amino-alcohol motifs (C(OH)–C–C–N with tert-alkyl or cyclic N) is 1. The van der Waals surface area contributed by atoms with Crippen LogP contribution in [0.5, 0.6) is 11.5 Å². The lowest BCUT2D eigenvalue weighted by Gasteiger charge is -2.40. The summed E-state index contributed by atoms with van der Waals surface area (Å²) in [7, 11) is 3.17. The topological polar surface area (TPSA) is 71.0 Å². The highest BCUT2D eigenvalue weighted by molar-refractivity contribution is 5.86. The number of para-hydroxylation sites is 1. The Bertz CT molecular complexity index is 612. The molecule has 1 saturated heterocycles. The number of hydrogen-bond acceptors (Lipinski definition) is 5. The summed E-state index contributed by atoms with van der Waals surface area (Å²) >= 11 is 0. The number of likely N-dealkylation sites (tertiary alicyclic amines) is 1. The molecule has 1 aromatic rings.